The van der Waals surface area contributed by atoms with Crippen LogP contribution in [0, 0.1) is 0 Å². The van der Waals surface area contributed by atoms with Crippen molar-refractivity contribution in [3.63, 3.8) is 0 Å². The smallest absolute Gasteiger partial charge is 0.266 e. The second-order valence-corrected chi connectivity index (χ2v) is 12.7. The number of aromatic nitrogens is 2. The van der Waals surface area contributed by atoms with Gasteiger partial charge in [0, 0.05) is 23.5 Å². The number of hydrogen-bond acceptors (Lipinski definition) is 8. The number of benzene rings is 1. The van der Waals surface area contributed by atoms with Gasteiger partial charge in [-0.2, -0.15) is 0 Å². The lowest BCUT2D eigenvalue weighted by Gasteiger charge is -2.37. The number of hydrogen-bond donors (Lipinski definition) is 2. The first kappa shape index (κ1) is 25.2. The third-order valence-electron chi connectivity index (χ3n) is 6.49. The lowest BCUT2D eigenvalue weighted by Crippen LogP contribution is -2.48. The Bertz CT molecular complexity index is 1130. The molecule has 184 valence electrons. The number of halogens is 1. The maximum absolute atomic E-state index is 12.8. The number of nitrogens with two attached hydrogens (primary N) is 1. The Morgan fingerprint density at radius 1 is 1.18 bits per heavy atom. The second-order valence-electron chi connectivity index (χ2n) is 9.31. The van der Waals surface area contributed by atoms with Crippen LogP contribution in [0.25, 0.3) is 0 Å². The van der Waals surface area contributed by atoms with Crippen molar-refractivity contribution in [2.24, 2.45) is 5.73 Å². The van der Waals surface area contributed by atoms with Crippen molar-refractivity contribution in [1.29, 1.82) is 0 Å². The molecule has 1 aliphatic carbocycles. The molecule has 1 aliphatic heterocycles. The van der Waals surface area contributed by atoms with E-state index in [1.54, 1.807) is 24.5 Å². The van der Waals surface area contributed by atoms with E-state index >= 15 is 0 Å². The van der Waals surface area contributed by atoms with Gasteiger partial charge in [0.05, 0.1) is 28.2 Å². The van der Waals surface area contributed by atoms with Crippen LogP contribution >= 0.6 is 23.4 Å². The van der Waals surface area contributed by atoms with Crippen molar-refractivity contribution in [1.82, 2.24) is 14.7 Å². The minimum atomic E-state index is -3.74. The summed E-state index contributed by atoms with van der Waals surface area (Å²) in [5, 5.41) is 0.278. The molecular weight excluding hydrogens is 494 g/mol. The number of amides is 1. The average molecular weight is 524 g/mol. The van der Waals surface area contributed by atoms with Gasteiger partial charge in [0.1, 0.15) is 10.8 Å². The molecule has 1 saturated heterocycles. The lowest BCUT2D eigenvalue weighted by atomic mass is 9.91. The van der Waals surface area contributed by atoms with Crippen molar-refractivity contribution < 1.29 is 13.2 Å². The third-order valence-corrected chi connectivity index (χ3v) is 9.81. The summed E-state index contributed by atoms with van der Waals surface area (Å²) in [6, 6.07) is 4.96. The molecule has 8 nitrogen and oxygen atoms in total. The molecule has 0 spiro atoms. The van der Waals surface area contributed by atoms with Gasteiger partial charge in [-0.05, 0) is 44.7 Å². The van der Waals surface area contributed by atoms with Crippen LogP contribution in [0.2, 0.25) is 5.02 Å². The van der Waals surface area contributed by atoms with Crippen LogP contribution in [0.4, 0.5) is 5.82 Å². The fourth-order valence-corrected chi connectivity index (χ4v) is 6.89. The predicted octanol–water partition coefficient (Wildman–Crippen LogP) is 3.99. The largest absolute Gasteiger partial charge is 0.355 e. The first-order valence-electron chi connectivity index (χ1n) is 11.5. The number of nitrogens with zero attached hydrogens (tertiary/aromatic N) is 3. The fraction of sp³-hybridized carbons (Fsp3) is 0.522. The maximum Gasteiger partial charge on any atom is 0.266 e. The Morgan fingerprint density at radius 2 is 1.88 bits per heavy atom. The quantitative estimate of drug-likeness (QED) is 0.583. The average Bonchev–Trinajstić information content (AvgIpc) is 2.81. The Balaban J connectivity index is 1.43. The monoisotopic (exact) mass is 523 g/mol. The van der Waals surface area contributed by atoms with Gasteiger partial charge in [0.15, 0.2) is 0 Å². The van der Waals surface area contributed by atoms with Gasteiger partial charge >= 0.3 is 0 Å². The number of nitrogens with one attached hydrogen (secondary N) is 1. The van der Waals surface area contributed by atoms with Crippen LogP contribution in [0.5, 0.6) is 0 Å². The minimum Gasteiger partial charge on any atom is -0.355 e. The van der Waals surface area contributed by atoms with Crippen molar-refractivity contribution >= 4 is 45.1 Å². The van der Waals surface area contributed by atoms with Gasteiger partial charge in [-0.3, -0.25) is 4.79 Å². The maximum atomic E-state index is 12.8. The summed E-state index contributed by atoms with van der Waals surface area (Å²) in [7, 11) is -3.74. The van der Waals surface area contributed by atoms with Gasteiger partial charge < -0.3 is 10.6 Å². The highest BCUT2D eigenvalue weighted by Crippen LogP contribution is 2.35. The van der Waals surface area contributed by atoms with Crippen molar-refractivity contribution in [2.45, 2.75) is 72.6 Å². The van der Waals surface area contributed by atoms with E-state index in [0.717, 1.165) is 51.0 Å². The zero-order valence-electron chi connectivity index (χ0n) is 19.2. The van der Waals surface area contributed by atoms with Crippen molar-refractivity contribution in [3.8, 4) is 0 Å². The van der Waals surface area contributed by atoms with Crippen LogP contribution in [-0.2, 0) is 10.0 Å². The summed E-state index contributed by atoms with van der Waals surface area (Å²) < 4.78 is 27.5. The molecule has 1 saturated carbocycles. The molecule has 1 aromatic carbocycles. The Labute approximate surface area is 210 Å². The molecule has 0 bridgehead atoms. The molecule has 1 amide bonds. The number of rotatable bonds is 6. The minimum absolute atomic E-state index is 0.119. The highest BCUT2D eigenvalue weighted by Gasteiger charge is 2.30. The molecular formula is C23H30ClN5O3S2. The summed E-state index contributed by atoms with van der Waals surface area (Å²) in [6.07, 6.45) is 9.08. The highest BCUT2D eigenvalue weighted by molar-refractivity contribution is 7.99. The standard InChI is InChI=1S/C23H30ClN5O3S2/c1-23(25)10-12-29(13-11-23)19-14-27-20(15-26-19)33-18-9-5-8-17(21(18)24)22(30)28-34(31,32)16-6-3-2-4-7-16/h5,8-9,14-16H,2-4,6-7,10-13,25H2,1H3,(H,28,30). The van der Waals surface area contributed by atoms with Gasteiger partial charge in [-0.25, -0.2) is 23.1 Å². The summed E-state index contributed by atoms with van der Waals surface area (Å²) in [5.41, 5.74) is 6.19. The van der Waals surface area contributed by atoms with E-state index in [4.69, 9.17) is 17.3 Å². The summed E-state index contributed by atoms with van der Waals surface area (Å²) in [6.45, 7) is 3.74. The van der Waals surface area contributed by atoms with E-state index in [0.29, 0.717) is 22.8 Å². The zero-order valence-corrected chi connectivity index (χ0v) is 21.6. The molecule has 34 heavy (non-hydrogen) atoms. The summed E-state index contributed by atoms with van der Waals surface area (Å²) >= 11 is 7.78. The van der Waals surface area contributed by atoms with Crippen LogP contribution in [0.3, 0.4) is 0 Å². The normalized spacial score (nSPS) is 19.1. The molecule has 2 heterocycles. The van der Waals surface area contributed by atoms with E-state index in [1.165, 1.54) is 17.8 Å². The lowest BCUT2D eigenvalue weighted by molar-refractivity contribution is 0.0980. The summed E-state index contributed by atoms with van der Waals surface area (Å²) in [5.74, 6) is 0.0865. The highest BCUT2D eigenvalue weighted by atomic mass is 35.5. The number of piperidine rings is 1. The summed E-state index contributed by atoms with van der Waals surface area (Å²) in [4.78, 5) is 24.6. The molecule has 11 heteroatoms. The van der Waals surface area contributed by atoms with Crippen LogP contribution in [0.1, 0.15) is 62.2 Å². The zero-order chi connectivity index (χ0) is 24.3. The first-order chi connectivity index (χ1) is 16.1. The molecule has 2 aliphatic rings. The van der Waals surface area contributed by atoms with Crippen LogP contribution in [-0.4, -0.2) is 48.2 Å². The first-order valence-corrected chi connectivity index (χ1v) is 14.3. The number of sulfonamides is 1. The number of anilines is 1. The third kappa shape index (κ3) is 6.02. The van der Waals surface area contributed by atoms with Gasteiger partial charge in [0.25, 0.3) is 5.91 Å². The number of carbonyl (C=O) groups excluding carboxylic acids is 1. The molecule has 2 aromatic rings. The Hall–Kier alpha value is -1.88. The van der Waals surface area contributed by atoms with Crippen LogP contribution in [0.15, 0.2) is 40.5 Å². The molecule has 0 atom stereocenters. The van der Waals surface area contributed by atoms with E-state index in [-0.39, 0.29) is 16.1 Å². The van der Waals surface area contributed by atoms with Gasteiger partial charge in [0.2, 0.25) is 10.0 Å². The Kier molecular flexibility index (Phi) is 7.71. The van der Waals surface area contributed by atoms with Crippen LogP contribution < -0.4 is 15.4 Å². The van der Waals surface area contributed by atoms with Gasteiger partial charge in [-0.1, -0.05) is 48.7 Å². The van der Waals surface area contributed by atoms with E-state index in [2.05, 4.69) is 26.5 Å². The van der Waals surface area contributed by atoms with Crippen molar-refractivity contribution in [2.75, 3.05) is 18.0 Å². The van der Waals surface area contributed by atoms with E-state index in [1.807, 2.05) is 0 Å². The second kappa shape index (κ2) is 10.4. The molecule has 0 radical (unpaired) electrons. The van der Waals surface area contributed by atoms with E-state index in [9.17, 15) is 13.2 Å². The fourth-order valence-electron chi connectivity index (χ4n) is 4.29. The number of carbonyl (C=O) groups is 1. The van der Waals surface area contributed by atoms with Gasteiger partial charge in [-0.15, -0.1) is 0 Å². The molecule has 4 rings (SSSR count). The predicted molar refractivity (Wildman–Crippen MR) is 135 cm³/mol. The molecule has 2 fully saturated rings. The SMILES string of the molecule is CC1(N)CCN(c2cnc(Sc3cccc(C(=O)NS(=O)(=O)C4CCCCC4)c3Cl)cn2)CC1. The van der Waals surface area contributed by atoms with E-state index < -0.39 is 21.2 Å². The Morgan fingerprint density at radius 3 is 2.53 bits per heavy atom. The molecule has 3 N–H and O–H groups in total. The topological polar surface area (TPSA) is 118 Å². The van der Waals surface area contributed by atoms with Crippen molar-refractivity contribution in [3.05, 3.63) is 41.2 Å². The molecule has 1 aromatic heterocycles. The molecule has 0 unspecified atom stereocenters.